The molecule has 1 saturated heterocycles. The van der Waals surface area contributed by atoms with Crippen LogP contribution in [-0.4, -0.2) is 43.1 Å². The number of halogens is 2. The zero-order valence-electron chi connectivity index (χ0n) is 18.6. The SMILES string of the molecule is Cn1cc(C(=O)N2CC(O)(c3nc4ccccc4n3C)C2)c(Cc2ccc(Br)cc2F)cc1=O. The Bertz CT molecular complexity index is 1500. The van der Waals surface area contributed by atoms with Crippen molar-refractivity contribution in [1.82, 2.24) is 19.0 Å². The first-order valence-electron chi connectivity index (χ1n) is 10.7. The molecule has 4 aromatic rings. The Kier molecular flexibility index (Phi) is 5.41. The van der Waals surface area contributed by atoms with Gasteiger partial charge < -0.3 is 19.1 Å². The number of aromatic nitrogens is 3. The maximum atomic E-state index is 14.4. The van der Waals surface area contributed by atoms with Gasteiger partial charge in [-0.2, -0.15) is 0 Å². The maximum absolute atomic E-state index is 14.4. The largest absolute Gasteiger partial charge is 0.378 e. The molecule has 1 N–H and O–H groups in total. The van der Waals surface area contributed by atoms with Gasteiger partial charge in [0.25, 0.3) is 11.5 Å². The van der Waals surface area contributed by atoms with Crippen LogP contribution in [0.3, 0.4) is 0 Å². The van der Waals surface area contributed by atoms with Crippen molar-refractivity contribution in [2.45, 2.75) is 12.0 Å². The van der Waals surface area contributed by atoms with E-state index in [1.807, 2.05) is 35.9 Å². The molecular weight excluding hydrogens is 503 g/mol. The first-order chi connectivity index (χ1) is 16.2. The third-order valence-corrected chi connectivity index (χ3v) is 6.83. The highest BCUT2D eigenvalue weighted by molar-refractivity contribution is 9.10. The fourth-order valence-corrected chi connectivity index (χ4v) is 4.81. The molecule has 2 aromatic heterocycles. The van der Waals surface area contributed by atoms with E-state index >= 15 is 0 Å². The number of aliphatic hydroxyl groups is 1. The van der Waals surface area contributed by atoms with Crippen LogP contribution in [0.15, 0.2) is 64.0 Å². The second kappa shape index (κ2) is 8.18. The van der Waals surface area contributed by atoms with Crippen LogP contribution < -0.4 is 5.56 Å². The Hall–Kier alpha value is -3.30. The minimum atomic E-state index is -1.28. The molecule has 0 spiro atoms. The molecule has 1 aliphatic rings. The van der Waals surface area contributed by atoms with Crippen molar-refractivity contribution < 1.29 is 14.3 Å². The predicted octanol–water partition coefficient (Wildman–Crippen LogP) is 3.11. The van der Waals surface area contributed by atoms with Crippen LogP contribution in [0.25, 0.3) is 11.0 Å². The third-order valence-electron chi connectivity index (χ3n) is 6.34. The van der Waals surface area contributed by atoms with Gasteiger partial charge in [-0.25, -0.2) is 9.37 Å². The zero-order chi connectivity index (χ0) is 24.2. The Morgan fingerprint density at radius 2 is 1.88 bits per heavy atom. The van der Waals surface area contributed by atoms with E-state index in [-0.39, 0.29) is 31.0 Å². The number of fused-ring (bicyclic) bond motifs is 1. The molecule has 9 heteroatoms. The molecule has 3 heterocycles. The molecule has 174 valence electrons. The number of carbonyl (C=O) groups excluding carboxylic acids is 1. The molecule has 1 aliphatic heterocycles. The second-order valence-corrected chi connectivity index (χ2v) is 9.67. The molecule has 0 radical (unpaired) electrons. The van der Waals surface area contributed by atoms with Crippen molar-refractivity contribution in [1.29, 1.82) is 0 Å². The van der Waals surface area contributed by atoms with E-state index in [2.05, 4.69) is 20.9 Å². The number of amides is 1. The molecule has 0 bridgehead atoms. The van der Waals surface area contributed by atoms with Crippen LogP contribution in [0.5, 0.6) is 0 Å². The van der Waals surface area contributed by atoms with Crippen molar-refractivity contribution >= 4 is 32.9 Å². The van der Waals surface area contributed by atoms with Crippen LogP contribution in [0.2, 0.25) is 0 Å². The lowest BCUT2D eigenvalue weighted by Gasteiger charge is -2.45. The zero-order valence-corrected chi connectivity index (χ0v) is 20.2. The monoisotopic (exact) mass is 524 g/mol. The minimum absolute atomic E-state index is 0.0674. The van der Waals surface area contributed by atoms with Crippen molar-refractivity contribution in [3.8, 4) is 0 Å². The van der Waals surface area contributed by atoms with Crippen molar-refractivity contribution in [3.63, 3.8) is 0 Å². The maximum Gasteiger partial charge on any atom is 0.255 e. The number of benzene rings is 2. The summed E-state index contributed by atoms with van der Waals surface area (Å²) < 4.78 is 18.2. The number of carbonyl (C=O) groups is 1. The fourth-order valence-electron chi connectivity index (χ4n) is 4.48. The van der Waals surface area contributed by atoms with E-state index in [9.17, 15) is 19.1 Å². The van der Waals surface area contributed by atoms with E-state index in [0.717, 1.165) is 11.0 Å². The summed E-state index contributed by atoms with van der Waals surface area (Å²) in [4.78, 5) is 31.8. The van der Waals surface area contributed by atoms with Gasteiger partial charge in [-0.15, -0.1) is 0 Å². The van der Waals surface area contributed by atoms with Gasteiger partial charge in [0.05, 0.1) is 29.7 Å². The van der Waals surface area contributed by atoms with Crippen molar-refractivity contribution in [3.05, 3.63) is 97.9 Å². The van der Waals surface area contributed by atoms with Crippen LogP contribution in [-0.2, 0) is 26.1 Å². The highest BCUT2D eigenvalue weighted by atomic mass is 79.9. The number of hydrogen-bond donors (Lipinski definition) is 1. The van der Waals surface area contributed by atoms with Gasteiger partial charge in [-0.3, -0.25) is 9.59 Å². The molecule has 0 atom stereocenters. The number of imidazole rings is 1. The lowest BCUT2D eigenvalue weighted by Crippen LogP contribution is -2.62. The van der Waals surface area contributed by atoms with Crippen molar-refractivity contribution in [2.24, 2.45) is 14.1 Å². The topological polar surface area (TPSA) is 80.4 Å². The Morgan fingerprint density at radius 1 is 1.15 bits per heavy atom. The summed E-state index contributed by atoms with van der Waals surface area (Å²) in [5.74, 6) is -0.254. The summed E-state index contributed by atoms with van der Waals surface area (Å²) >= 11 is 3.24. The first kappa shape index (κ1) is 22.5. The van der Waals surface area contributed by atoms with E-state index in [1.165, 1.54) is 27.8 Å². The summed E-state index contributed by atoms with van der Waals surface area (Å²) in [6, 6.07) is 13.7. The van der Waals surface area contributed by atoms with E-state index in [1.54, 1.807) is 19.2 Å². The van der Waals surface area contributed by atoms with Crippen molar-refractivity contribution in [2.75, 3.05) is 13.1 Å². The summed E-state index contributed by atoms with van der Waals surface area (Å²) in [5.41, 5.74) is 1.23. The number of nitrogens with zero attached hydrogens (tertiary/aromatic N) is 4. The van der Waals surface area contributed by atoms with Gasteiger partial charge in [0.15, 0.2) is 5.60 Å². The summed E-state index contributed by atoms with van der Waals surface area (Å²) in [6.45, 7) is 0.135. The molecule has 34 heavy (non-hydrogen) atoms. The number of aryl methyl sites for hydroxylation is 2. The highest BCUT2D eigenvalue weighted by Gasteiger charge is 2.48. The smallest absolute Gasteiger partial charge is 0.255 e. The first-order valence-corrected chi connectivity index (χ1v) is 11.5. The van der Waals surface area contributed by atoms with Crippen LogP contribution in [0.1, 0.15) is 27.3 Å². The molecule has 5 rings (SSSR count). The minimum Gasteiger partial charge on any atom is -0.378 e. The predicted molar refractivity (Wildman–Crippen MR) is 129 cm³/mol. The normalized spacial score (nSPS) is 14.9. The number of rotatable bonds is 4. The number of para-hydroxylation sites is 2. The van der Waals surface area contributed by atoms with Gasteiger partial charge in [0, 0.05) is 37.3 Å². The molecule has 0 saturated carbocycles. The Morgan fingerprint density at radius 3 is 2.59 bits per heavy atom. The quantitative estimate of drug-likeness (QED) is 0.444. The average molecular weight is 525 g/mol. The lowest BCUT2D eigenvalue weighted by atomic mass is 9.91. The van der Waals surface area contributed by atoms with E-state index < -0.39 is 11.4 Å². The second-order valence-electron chi connectivity index (χ2n) is 8.75. The van der Waals surface area contributed by atoms with Gasteiger partial charge in [0.1, 0.15) is 11.6 Å². The van der Waals surface area contributed by atoms with Gasteiger partial charge >= 0.3 is 0 Å². The summed E-state index contributed by atoms with van der Waals surface area (Å²) in [7, 11) is 3.40. The lowest BCUT2D eigenvalue weighted by molar-refractivity contribution is -0.0936. The molecule has 0 aliphatic carbocycles. The Balaban J connectivity index is 1.43. The molecule has 0 unspecified atom stereocenters. The molecule has 1 amide bonds. The van der Waals surface area contributed by atoms with Crippen LogP contribution >= 0.6 is 15.9 Å². The summed E-state index contributed by atoms with van der Waals surface area (Å²) in [6.07, 6.45) is 1.57. The summed E-state index contributed by atoms with van der Waals surface area (Å²) in [5, 5.41) is 11.2. The van der Waals surface area contributed by atoms with E-state index in [4.69, 9.17) is 0 Å². The number of likely N-dealkylation sites (tertiary alicyclic amines) is 1. The Labute approximate surface area is 203 Å². The third kappa shape index (κ3) is 3.74. The molecule has 7 nitrogen and oxygen atoms in total. The molecular formula is C25H22BrFN4O3. The van der Waals surface area contributed by atoms with Gasteiger partial charge in [-0.1, -0.05) is 34.1 Å². The number of pyridine rings is 1. The number of hydrogen-bond acceptors (Lipinski definition) is 4. The molecule has 2 aromatic carbocycles. The standard InChI is InChI=1S/C25H22BrFN4O3/c1-29-12-18(16(10-22(29)32)9-15-7-8-17(26)11-19(15)27)23(33)31-13-25(34,14-31)24-28-20-5-3-4-6-21(20)30(24)2/h3-8,10-12,34H,9,13-14H2,1-2H3. The van der Waals surface area contributed by atoms with Gasteiger partial charge in [-0.05, 0) is 35.4 Å². The van der Waals surface area contributed by atoms with Crippen LogP contribution in [0, 0.1) is 5.82 Å². The number of β-amino-alcohol motifs (C(OH)–C–C–N with tert-alkyl or cyclic N) is 1. The van der Waals surface area contributed by atoms with Crippen LogP contribution in [0.4, 0.5) is 4.39 Å². The molecule has 1 fully saturated rings. The highest BCUT2D eigenvalue weighted by Crippen LogP contribution is 2.34. The van der Waals surface area contributed by atoms with Gasteiger partial charge in [0.2, 0.25) is 0 Å². The van der Waals surface area contributed by atoms with E-state index in [0.29, 0.717) is 27.0 Å². The fraction of sp³-hybridized carbons (Fsp3) is 0.240. The average Bonchev–Trinajstić information content (AvgIpc) is 3.12.